The zero-order valence-electron chi connectivity index (χ0n) is 12.2. The number of carbonyl (C=O) groups is 2. The molecule has 2 amide bonds. The molecule has 2 fully saturated rings. The van der Waals surface area contributed by atoms with Gasteiger partial charge in [0.1, 0.15) is 0 Å². The lowest BCUT2D eigenvalue weighted by Crippen LogP contribution is -2.12. The Hall–Kier alpha value is -1.06. The number of carbonyl (C=O) groups excluding carboxylic acids is 2. The summed E-state index contributed by atoms with van der Waals surface area (Å²) in [7, 11) is 0. The van der Waals surface area contributed by atoms with E-state index in [0.29, 0.717) is 36.7 Å². The van der Waals surface area contributed by atoms with Gasteiger partial charge in [-0.05, 0) is 26.7 Å². The Kier molecular flexibility index (Phi) is 4.83. The quantitative estimate of drug-likeness (QED) is 0.499. The van der Waals surface area contributed by atoms with Gasteiger partial charge in [0.25, 0.3) is 0 Å². The molecule has 108 valence electrons. The van der Waals surface area contributed by atoms with E-state index in [2.05, 4.69) is 13.8 Å². The van der Waals surface area contributed by atoms with E-state index in [1.165, 1.54) is 0 Å². The molecule has 2 saturated heterocycles. The van der Waals surface area contributed by atoms with Crippen molar-refractivity contribution in [1.29, 1.82) is 0 Å². The number of nitrogens with zero attached hydrogens (tertiary/aromatic N) is 2. The Labute approximate surface area is 116 Å². The fraction of sp³-hybridized carbons (Fsp3) is 0.867. The molecule has 0 aromatic rings. The average Bonchev–Trinajstić information content (AvgIpc) is 3.26. The van der Waals surface area contributed by atoms with Crippen LogP contribution in [0.3, 0.4) is 0 Å². The minimum absolute atomic E-state index is 0.318. The van der Waals surface area contributed by atoms with E-state index in [0.717, 1.165) is 45.2 Å². The molecule has 0 aliphatic carbocycles. The molecule has 2 aliphatic heterocycles. The van der Waals surface area contributed by atoms with E-state index in [-0.39, 0.29) is 0 Å². The SMILES string of the molecule is CC1CN1C(=O)CCCCCCCC(=O)N1CC1C. The van der Waals surface area contributed by atoms with Crippen LogP contribution in [0.5, 0.6) is 0 Å². The van der Waals surface area contributed by atoms with Crippen LogP contribution in [0.15, 0.2) is 0 Å². The number of amides is 2. The van der Waals surface area contributed by atoms with Gasteiger partial charge in [0.2, 0.25) is 11.8 Å². The topological polar surface area (TPSA) is 40.2 Å². The van der Waals surface area contributed by atoms with Gasteiger partial charge in [-0.15, -0.1) is 0 Å². The second-order valence-electron chi connectivity index (χ2n) is 6.06. The lowest BCUT2D eigenvalue weighted by atomic mass is 10.1. The first-order valence-electron chi connectivity index (χ1n) is 7.68. The van der Waals surface area contributed by atoms with E-state index in [4.69, 9.17) is 0 Å². The van der Waals surface area contributed by atoms with Crippen LogP contribution < -0.4 is 0 Å². The van der Waals surface area contributed by atoms with Gasteiger partial charge >= 0.3 is 0 Å². The van der Waals surface area contributed by atoms with Crippen LogP contribution >= 0.6 is 0 Å². The molecule has 4 heteroatoms. The minimum atomic E-state index is 0.318. The second-order valence-corrected chi connectivity index (χ2v) is 6.06. The summed E-state index contributed by atoms with van der Waals surface area (Å²) in [5, 5.41) is 0. The number of hydrogen-bond acceptors (Lipinski definition) is 2. The lowest BCUT2D eigenvalue weighted by Gasteiger charge is -2.04. The molecule has 0 aromatic carbocycles. The van der Waals surface area contributed by atoms with Crippen molar-refractivity contribution in [3.05, 3.63) is 0 Å². The van der Waals surface area contributed by atoms with E-state index in [9.17, 15) is 9.59 Å². The van der Waals surface area contributed by atoms with Crippen molar-refractivity contribution < 1.29 is 9.59 Å². The summed E-state index contributed by atoms with van der Waals surface area (Å²) >= 11 is 0. The third-order valence-electron chi connectivity index (χ3n) is 4.14. The van der Waals surface area contributed by atoms with Crippen LogP contribution in [0.1, 0.15) is 58.8 Å². The molecule has 0 radical (unpaired) electrons. The van der Waals surface area contributed by atoms with Gasteiger partial charge in [0.05, 0.1) is 0 Å². The highest BCUT2D eigenvalue weighted by Gasteiger charge is 2.33. The Balaban J connectivity index is 1.38. The fourth-order valence-electron chi connectivity index (χ4n) is 2.54. The second kappa shape index (κ2) is 6.40. The first-order chi connectivity index (χ1) is 9.09. The first-order valence-corrected chi connectivity index (χ1v) is 7.68. The summed E-state index contributed by atoms with van der Waals surface area (Å²) in [6.45, 7) is 6.09. The van der Waals surface area contributed by atoms with Crippen LogP contribution in [-0.2, 0) is 9.59 Å². The van der Waals surface area contributed by atoms with Gasteiger partial charge in [-0.2, -0.15) is 0 Å². The monoisotopic (exact) mass is 266 g/mol. The Morgan fingerprint density at radius 2 is 1.11 bits per heavy atom. The van der Waals surface area contributed by atoms with Crippen molar-refractivity contribution in [2.75, 3.05) is 13.1 Å². The molecule has 0 saturated carbocycles. The predicted molar refractivity (Wildman–Crippen MR) is 74.7 cm³/mol. The van der Waals surface area contributed by atoms with E-state index in [1.54, 1.807) is 0 Å². The Morgan fingerprint density at radius 1 is 0.789 bits per heavy atom. The molecule has 0 bridgehead atoms. The van der Waals surface area contributed by atoms with E-state index in [1.807, 2.05) is 9.80 Å². The maximum absolute atomic E-state index is 11.6. The zero-order chi connectivity index (χ0) is 13.8. The van der Waals surface area contributed by atoms with Crippen LogP contribution in [0.25, 0.3) is 0 Å². The number of hydrogen-bond donors (Lipinski definition) is 0. The normalized spacial score (nSPS) is 24.5. The summed E-state index contributed by atoms with van der Waals surface area (Å²) in [4.78, 5) is 27.0. The summed E-state index contributed by atoms with van der Waals surface area (Å²) in [5.74, 6) is 0.636. The van der Waals surface area contributed by atoms with Gasteiger partial charge in [-0.3, -0.25) is 9.59 Å². The highest BCUT2D eigenvalue weighted by Crippen LogP contribution is 2.20. The van der Waals surface area contributed by atoms with Crippen LogP contribution in [0.2, 0.25) is 0 Å². The van der Waals surface area contributed by atoms with Crippen molar-refractivity contribution in [3.63, 3.8) is 0 Å². The number of unbranched alkanes of at least 4 members (excludes halogenated alkanes) is 4. The molecular weight excluding hydrogens is 240 g/mol. The van der Waals surface area contributed by atoms with Crippen molar-refractivity contribution in [1.82, 2.24) is 9.80 Å². The molecule has 0 aromatic heterocycles. The molecule has 19 heavy (non-hydrogen) atoms. The predicted octanol–water partition coefficient (Wildman–Crippen LogP) is 2.18. The smallest absolute Gasteiger partial charge is 0.222 e. The molecule has 2 atom stereocenters. The van der Waals surface area contributed by atoms with Gasteiger partial charge in [-0.1, -0.05) is 19.3 Å². The maximum Gasteiger partial charge on any atom is 0.222 e. The van der Waals surface area contributed by atoms with Crippen LogP contribution in [0, 0.1) is 0 Å². The summed E-state index contributed by atoms with van der Waals surface area (Å²) in [6.07, 6.45) is 6.78. The highest BCUT2D eigenvalue weighted by atomic mass is 16.2. The van der Waals surface area contributed by atoms with Crippen LogP contribution in [0.4, 0.5) is 0 Å². The van der Waals surface area contributed by atoms with Gasteiger partial charge in [0, 0.05) is 38.0 Å². The fourth-order valence-corrected chi connectivity index (χ4v) is 2.54. The van der Waals surface area contributed by atoms with E-state index < -0.39 is 0 Å². The Morgan fingerprint density at radius 3 is 1.42 bits per heavy atom. The van der Waals surface area contributed by atoms with Crippen molar-refractivity contribution in [3.8, 4) is 0 Å². The standard InChI is InChI=1S/C15H26N2O2/c1-12-10-16(12)14(18)8-6-4-3-5-7-9-15(19)17-11-13(17)2/h12-13H,3-11H2,1-2H3. The number of rotatable bonds is 8. The highest BCUT2D eigenvalue weighted by molar-refractivity contribution is 5.79. The summed E-state index contributed by atoms with van der Waals surface area (Å²) in [5.41, 5.74) is 0. The Bertz CT molecular complexity index is 311. The molecule has 2 unspecified atom stereocenters. The van der Waals surface area contributed by atoms with Crippen molar-refractivity contribution in [2.45, 2.75) is 70.9 Å². The molecule has 2 aliphatic rings. The maximum atomic E-state index is 11.6. The summed E-state index contributed by atoms with van der Waals surface area (Å²) in [6, 6.07) is 0.969. The third kappa shape index (κ3) is 4.51. The zero-order valence-corrected chi connectivity index (χ0v) is 12.2. The van der Waals surface area contributed by atoms with Crippen molar-refractivity contribution in [2.24, 2.45) is 0 Å². The lowest BCUT2D eigenvalue weighted by molar-refractivity contribution is -0.127. The first kappa shape index (κ1) is 14.4. The van der Waals surface area contributed by atoms with Gasteiger partial charge in [0.15, 0.2) is 0 Å². The third-order valence-corrected chi connectivity index (χ3v) is 4.14. The molecule has 4 nitrogen and oxygen atoms in total. The molecule has 2 heterocycles. The molecule has 2 rings (SSSR count). The molecule has 0 spiro atoms. The van der Waals surface area contributed by atoms with Gasteiger partial charge < -0.3 is 9.80 Å². The van der Waals surface area contributed by atoms with Crippen LogP contribution in [-0.4, -0.2) is 46.8 Å². The van der Waals surface area contributed by atoms with E-state index >= 15 is 0 Å². The van der Waals surface area contributed by atoms with Crippen molar-refractivity contribution >= 4 is 11.8 Å². The minimum Gasteiger partial charge on any atom is -0.336 e. The molecular formula is C15H26N2O2. The average molecular weight is 266 g/mol. The largest absolute Gasteiger partial charge is 0.336 e. The van der Waals surface area contributed by atoms with Gasteiger partial charge in [-0.25, -0.2) is 0 Å². The summed E-state index contributed by atoms with van der Waals surface area (Å²) < 4.78 is 0. The molecule has 0 N–H and O–H groups in total.